The summed E-state index contributed by atoms with van der Waals surface area (Å²) < 4.78 is 0. The molecule has 0 fully saturated rings. The number of anilines is 1. The molecule has 0 saturated heterocycles. The quantitative estimate of drug-likeness (QED) is 0.678. The van der Waals surface area contributed by atoms with E-state index in [-0.39, 0.29) is 6.04 Å². The molecule has 1 heterocycles. The fraction of sp³-hybridized carbons (Fsp3) is 0.400. The molecule has 14 heavy (non-hydrogen) atoms. The Hall–Kier alpha value is -1.26. The molecule has 1 unspecified atom stereocenters. The monoisotopic (exact) mass is 194 g/mol. The number of phenols is 1. The van der Waals surface area contributed by atoms with E-state index in [1.807, 2.05) is 13.1 Å². The van der Waals surface area contributed by atoms with E-state index in [1.165, 1.54) is 0 Å². The van der Waals surface area contributed by atoms with Crippen molar-refractivity contribution < 1.29 is 9.94 Å². The van der Waals surface area contributed by atoms with Crippen molar-refractivity contribution in [1.29, 1.82) is 0 Å². The van der Waals surface area contributed by atoms with Gasteiger partial charge in [-0.2, -0.15) is 0 Å². The van der Waals surface area contributed by atoms with Gasteiger partial charge in [-0.3, -0.25) is 0 Å². The molecule has 3 N–H and O–H groups in total. The normalized spacial score (nSPS) is 19.9. The van der Waals surface area contributed by atoms with E-state index in [0.717, 1.165) is 17.7 Å². The number of fused-ring (bicyclic) bond motifs is 1. The van der Waals surface area contributed by atoms with Crippen molar-refractivity contribution in [3.63, 3.8) is 0 Å². The van der Waals surface area contributed by atoms with Gasteiger partial charge in [-0.1, -0.05) is 0 Å². The van der Waals surface area contributed by atoms with Gasteiger partial charge in [0.05, 0.1) is 12.6 Å². The fourth-order valence-electron chi connectivity index (χ4n) is 1.95. The first-order valence-electron chi connectivity index (χ1n) is 4.59. The number of hydrogen-bond acceptors (Lipinski definition) is 4. The van der Waals surface area contributed by atoms with Gasteiger partial charge in [-0.05, 0) is 30.2 Å². The summed E-state index contributed by atoms with van der Waals surface area (Å²) in [6, 6.07) is 5.68. The predicted octanol–water partition coefficient (Wildman–Crippen LogP) is 0.643. The van der Waals surface area contributed by atoms with E-state index in [9.17, 15) is 5.11 Å². The second-order valence-electron chi connectivity index (χ2n) is 3.62. The molecule has 4 nitrogen and oxygen atoms in total. The van der Waals surface area contributed by atoms with Crippen LogP contribution in [0.15, 0.2) is 18.2 Å². The molecule has 0 spiro atoms. The van der Waals surface area contributed by atoms with E-state index in [2.05, 4.69) is 9.74 Å². The maximum Gasteiger partial charge on any atom is 0.116 e. The van der Waals surface area contributed by atoms with Gasteiger partial charge >= 0.3 is 0 Å². The Bertz CT molecular complexity index is 341. The Labute approximate surface area is 82.8 Å². The van der Waals surface area contributed by atoms with Crippen molar-refractivity contribution in [3.8, 4) is 5.75 Å². The Kier molecular flexibility index (Phi) is 2.31. The van der Waals surface area contributed by atoms with Crippen LogP contribution in [-0.4, -0.2) is 24.8 Å². The van der Waals surface area contributed by atoms with Crippen LogP contribution in [0.3, 0.4) is 0 Å². The van der Waals surface area contributed by atoms with Crippen molar-refractivity contribution in [3.05, 3.63) is 23.8 Å². The summed E-state index contributed by atoms with van der Waals surface area (Å²) in [6.07, 6.45) is 0.872. The number of phenolic OH excluding ortho intramolecular Hbond substituents is 1. The van der Waals surface area contributed by atoms with Crippen LogP contribution >= 0.6 is 0 Å². The van der Waals surface area contributed by atoms with E-state index in [0.29, 0.717) is 12.4 Å². The molecule has 0 saturated carbocycles. The van der Waals surface area contributed by atoms with Crippen LogP contribution in [0.1, 0.15) is 5.56 Å². The third-order valence-corrected chi connectivity index (χ3v) is 2.73. The molecule has 1 aromatic carbocycles. The van der Waals surface area contributed by atoms with Gasteiger partial charge in [-0.25, -0.2) is 5.90 Å². The highest BCUT2D eigenvalue weighted by Gasteiger charge is 2.26. The maximum absolute atomic E-state index is 9.32. The topological polar surface area (TPSA) is 58.7 Å². The molecule has 4 heteroatoms. The zero-order chi connectivity index (χ0) is 10.1. The number of aromatic hydroxyl groups is 1. The summed E-state index contributed by atoms with van der Waals surface area (Å²) in [4.78, 5) is 6.78. The van der Waals surface area contributed by atoms with Crippen LogP contribution in [0.2, 0.25) is 0 Å². The highest BCUT2D eigenvalue weighted by molar-refractivity contribution is 5.60. The number of benzene rings is 1. The Morgan fingerprint density at radius 2 is 2.43 bits per heavy atom. The van der Waals surface area contributed by atoms with Crippen LogP contribution in [0.4, 0.5) is 5.69 Å². The average molecular weight is 194 g/mol. The van der Waals surface area contributed by atoms with E-state index in [1.54, 1.807) is 12.1 Å². The van der Waals surface area contributed by atoms with Crippen LogP contribution in [-0.2, 0) is 11.3 Å². The fourth-order valence-corrected chi connectivity index (χ4v) is 1.95. The molecule has 1 aliphatic heterocycles. The van der Waals surface area contributed by atoms with Gasteiger partial charge in [0.2, 0.25) is 0 Å². The first-order valence-corrected chi connectivity index (χ1v) is 4.59. The molecule has 0 aromatic heterocycles. The summed E-state index contributed by atoms with van der Waals surface area (Å²) in [7, 11) is 2.01. The number of nitrogens with zero attached hydrogens (tertiary/aromatic N) is 1. The zero-order valence-corrected chi connectivity index (χ0v) is 8.10. The lowest BCUT2D eigenvalue weighted by Gasteiger charge is -2.21. The number of likely N-dealkylation sites (N-methyl/N-ethyl adjacent to an activating group) is 1. The second-order valence-corrected chi connectivity index (χ2v) is 3.62. The van der Waals surface area contributed by atoms with E-state index < -0.39 is 0 Å². The molecule has 1 aliphatic rings. The Morgan fingerprint density at radius 1 is 1.64 bits per heavy atom. The van der Waals surface area contributed by atoms with Gasteiger partial charge < -0.3 is 14.8 Å². The van der Waals surface area contributed by atoms with Crippen molar-refractivity contribution >= 4 is 5.69 Å². The minimum absolute atomic E-state index is 0.275. The highest BCUT2D eigenvalue weighted by Crippen LogP contribution is 2.33. The standard InChI is InChI=1S/C10H14N2O2/c1-12-8(6-14-11)4-7-5-9(13)2-3-10(7)12/h2-3,5,8,13H,4,6,11H2,1H3. The molecular weight excluding hydrogens is 180 g/mol. The van der Waals surface area contributed by atoms with Crippen molar-refractivity contribution in [2.75, 3.05) is 18.6 Å². The van der Waals surface area contributed by atoms with Crippen LogP contribution in [0.25, 0.3) is 0 Å². The molecule has 76 valence electrons. The number of rotatable bonds is 2. The molecule has 1 aromatic rings. The summed E-state index contributed by atoms with van der Waals surface area (Å²) in [5.41, 5.74) is 2.29. The van der Waals surface area contributed by atoms with Gasteiger partial charge in [0.1, 0.15) is 5.75 Å². The molecule has 0 radical (unpaired) electrons. The van der Waals surface area contributed by atoms with Gasteiger partial charge in [-0.15, -0.1) is 0 Å². The minimum Gasteiger partial charge on any atom is -0.508 e. The van der Waals surface area contributed by atoms with Gasteiger partial charge in [0.15, 0.2) is 0 Å². The SMILES string of the molecule is CN1c2ccc(O)cc2CC1CON. The first kappa shape index (κ1) is 9.30. The molecule has 0 amide bonds. The lowest BCUT2D eigenvalue weighted by atomic mass is 10.1. The zero-order valence-electron chi connectivity index (χ0n) is 8.10. The number of nitrogens with two attached hydrogens (primary N) is 1. The van der Waals surface area contributed by atoms with Crippen molar-refractivity contribution in [2.45, 2.75) is 12.5 Å². The summed E-state index contributed by atoms with van der Waals surface area (Å²) in [6.45, 7) is 0.506. The minimum atomic E-state index is 0.275. The Balaban J connectivity index is 2.26. The average Bonchev–Trinajstić information content (AvgIpc) is 2.44. The summed E-state index contributed by atoms with van der Waals surface area (Å²) in [5.74, 6) is 5.37. The van der Waals surface area contributed by atoms with Crippen LogP contribution in [0, 0.1) is 0 Å². The van der Waals surface area contributed by atoms with Gasteiger partial charge in [0.25, 0.3) is 0 Å². The largest absolute Gasteiger partial charge is 0.508 e. The Morgan fingerprint density at radius 3 is 3.14 bits per heavy atom. The molecule has 1 atom stereocenters. The van der Waals surface area contributed by atoms with E-state index in [4.69, 9.17) is 5.90 Å². The second kappa shape index (κ2) is 3.48. The molecule has 0 bridgehead atoms. The summed E-state index contributed by atoms with van der Waals surface area (Å²) >= 11 is 0. The lowest BCUT2D eigenvalue weighted by molar-refractivity contribution is 0.124. The predicted molar refractivity (Wildman–Crippen MR) is 54.1 cm³/mol. The van der Waals surface area contributed by atoms with E-state index >= 15 is 0 Å². The third kappa shape index (κ3) is 1.42. The maximum atomic E-state index is 9.32. The smallest absolute Gasteiger partial charge is 0.116 e. The van der Waals surface area contributed by atoms with Crippen molar-refractivity contribution in [1.82, 2.24) is 0 Å². The molecule has 0 aliphatic carbocycles. The number of hydrogen-bond donors (Lipinski definition) is 2. The summed E-state index contributed by atoms with van der Waals surface area (Å²) in [5, 5.41) is 9.32. The van der Waals surface area contributed by atoms with Crippen LogP contribution in [0.5, 0.6) is 5.75 Å². The van der Waals surface area contributed by atoms with Crippen LogP contribution < -0.4 is 10.8 Å². The third-order valence-electron chi connectivity index (χ3n) is 2.73. The lowest BCUT2D eigenvalue weighted by Crippen LogP contribution is -2.33. The van der Waals surface area contributed by atoms with Crippen molar-refractivity contribution in [2.24, 2.45) is 5.90 Å². The van der Waals surface area contributed by atoms with Gasteiger partial charge in [0, 0.05) is 12.7 Å². The highest BCUT2D eigenvalue weighted by atomic mass is 16.6. The molecule has 2 rings (SSSR count). The first-order chi connectivity index (χ1) is 6.72. The molecular formula is C10H14N2O2.